The van der Waals surface area contributed by atoms with E-state index in [1.807, 2.05) is 47.9 Å². The Kier molecular flexibility index (Phi) is 4.45. The third-order valence-corrected chi connectivity index (χ3v) is 9.05. The molecule has 0 saturated heterocycles. The zero-order valence-electron chi connectivity index (χ0n) is 21.2. The summed E-state index contributed by atoms with van der Waals surface area (Å²) in [5.74, 6) is 0.650. The molecule has 0 radical (unpaired) electrons. The lowest BCUT2D eigenvalue weighted by Crippen LogP contribution is -2.04. The topological polar surface area (TPSA) is 43.6 Å². The Morgan fingerprint density at radius 3 is 2.10 bits per heavy atom. The number of thiophene rings is 1. The van der Waals surface area contributed by atoms with Crippen LogP contribution in [0.2, 0.25) is 0 Å². The SMILES string of the molecule is c1ccc(-c2nc(-n3c4ccccc4c4c5ccccc5c5sc6ccccc6c5c43)nc3ccccc23)nc1. The third-order valence-electron chi connectivity index (χ3n) is 7.85. The quantitative estimate of drug-likeness (QED) is 0.225. The van der Waals surface area contributed by atoms with Gasteiger partial charge in [0.05, 0.1) is 22.2 Å². The molecule has 0 aliphatic carbocycles. The van der Waals surface area contributed by atoms with Gasteiger partial charge in [0.1, 0.15) is 5.69 Å². The Morgan fingerprint density at radius 1 is 0.550 bits per heavy atom. The number of aromatic nitrogens is 4. The second-order valence-electron chi connectivity index (χ2n) is 10.0. The summed E-state index contributed by atoms with van der Waals surface area (Å²) >= 11 is 1.86. The molecule has 9 aromatic rings. The highest BCUT2D eigenvalue weighted by molar-refractivity contribution is 7.27. The highest BCUT2D eigenvalue weighted by Gasteiger charge is 2.23. The molecule has 4 heterocycles. The van der Waals surface area contributed by atoms with E-state index in [-0.39, 0.29) is 0 Å². The monoisotopic (exact) mass is 528 g/mol. The van der Waals surface area contributed by atoms with E-state index in [4.69, 9.17) is 9.97 Å². The molecule has 40 heavy (non-hydrogen) atoms. The smallest absolute Gasteiger partial charge is 0.235 e. The van der Waals surface area contributed by atoms with Gasteiger partial charge in [-0.3, -0.25) is 9.55 Å². The van der Waals surface area contributed by atoms with Crippen molar-refractivity contribution in [1.82, 2.24) is 19.5 Å². The van der Waals surface area contributed by atoms with Crippen molar-refractivity contribution in [3.05, 3.63) is 121 Å². The van der Waals surface area contributed by atoms with Crippen LogP contribution in [0.3, 0.4) is 0 Å². The van der Waals surface area contributed by atoms with Crippen LogP contribution < -0.4 is 0 Å². The second-order valence-corrected chi connectivity index (χ2v) is 11.1. The van der Waals surface area contributed by atoms with Crippen molar-refractivity contribution >= 4 is 75.0 Å². The first-order valence-corrected chi connectivity index (χ1v) is 14.1. The van der Waals surface area contributed by atoms with Crippen LogP contribution in [0, 0.1) is 0 Å². The molecule has 0 amide bonds. The summed E-state index contributed by atoms with van der Waals surface area (Å²) < 4.78 is 4.84. The molecular weight excluding hydrogens is 508 g/mol. The van der Waals surface area contributed by atoms with E-state index in [1.54, 1.807) is 0 Å². The first kappa shape index (κ1) is 21.8. The number of hydrogen-bond acceptors (Lipinski definition) is 4. The van der Waals surface area contributed by atoms with Crippen molar-refractivity contribution in [2.24, 2.45) is 0 Å². The van der Waals surface area contributed by atoms with Crippen molar-refractivity contribution in [3.63, 3.8) is 0 Å². The van der Waals surface area contributed by atoms with Gasteiger partial charge in [-0.25, -0.2) is 9.97 Å². The minimum atomic E-state index is 0.650. The number of rotatable bonds is 2. The Balaban J connectivity index is 1.55. The van der Waals surface area contributed by atoms with Crippen LogP contribution in [0.5, 0.6) is 0 Å². The van der Waals surface area contributed by atoms with Crippen LogP contribution in [0.25, 0.3) is 81.0 Å². The first-order chi connectivity index (χ1) is 19.9. The third kappa shape index (κ3) is 2.92. The zero-order valence-corrected chi connectivity index (χ0v) is 22.1. The molecule has 0 aliphatic rings. The van der Waals surface area contributed by atoms with Crippen molar-refractivity contribution in [3.8, 4) is 17.3 Å². The maximum Gasteiger partial charge on any atom is 0.235 e. The molecule has 5 heteroatoms. The number of fused-ring (bicyclic) bond motifs is 11. The summed E-state index contributed by atoms with van der Waals surface area (Å²) in [6, 6.07) is 40.3. The fraction of sp³-hybridized carbons (Fsp3) is 0. The number of benzene rings is 5. The van der Waals surface area contributed by atoms with Gasteiger partial charge in [-0.15, -0.1) is 11.3 Å². The van der Waals surface area contributed by atoms with Crippen molar-refractivity contribution in [2.75, 3.05) is 0 Å². The molecule has 0 N–H and O–H groups in total. The molecule has 0 saturated carbocycles. The summed E-state index contributed by atoms with van der Waals surface area (Å²) in [6.45, 7) is 0. The molecule has 0 fully saturated rings. The number of hydrogen-bond donors (Lipinski definition) is 0. The van der Waals surface area contributed by atoms with Crippen LogP contribution in [0.15, 0.2) is 121 Å². The van der Waals surface area contributed by atoms with E-state index >= 15 is 0 Å². The minimum Gasteiger partial charge on any atom is -0.277 e. The average molecular weight is 529 g/mol. The fourth-order valence-electron chi connectivity index (χ4n) is 6.19. The molecule has 0 unspecified atom stereocenters. The van der Waals surface area contributed by atoms with Gasteiger partial charge >= 0.3 is 0 Å². The van der Waals surface area contributed by atoms with Crippen LogP contribution in [-0.2, 0) is 0 Å². The highest BCUT2D eigenvalue weighted by atomic mass is 32.1. The maximum atomic E-state index is 5.26. The molecule has 0 bridgehead atoms. The van der Waals surface area contributed by atoms with Crippen molar-refractivity contribution in [2.45, 2.75) is 0 Å². The molecular formula is C35H20N4S. The predicted molar refractivity (Wildman–Crippen MR) is 168 cm³/mol. The molecule has 0 spiro atoms. The van der Waals surface area contributed by atoms with E-state index in [9.17, 15) is 0 Å². The van der Waals surface area contributed by atoms with E-state index in [0.29, 0.717) is 5.95 Å². The van der Waals surface area contributed by atoms with Gasteiger partial charge in [-0.1, -0.05) is 84.9 Å². The summed E-state index contributed by atoms with van der Waals surface area (Å²) in [4.78, 5) is 15.1. The van der Waals surface area contributed by atoms with Gasteiger partial charge in [0.2, 0.25) is 5.95 Å². The van der Waals surface area contributed by atoms with Gasteiger partial charge in [0.15, 0.2) is 0 Å². The summed E-state index contributed by atoms with van der Waals surface area (Å²) in [6.07, 6.45) is 1.82. The number of pyridine rings is 1. The van der Waals surface area contributed by atoms with Gasteiger partial charge < -0.3 is 0 Å². The van der Waals surface area contributed by atoms with Crippen molar-refractivity contribution < 1.29 is 0 Å². The Morgan fingerprint density at radius 2 is 1.25 bits per heavy atom. The molecule has 186 valence electrons. The van der Waals surface area contributed by atoms with Crippen LogP contribution in [0.4, 0.5) is 0 Å². The number of nitrogens with zero attached hydrogens (tertiary/aromatic N) is 4. The van der Waals surface area contributed by atoms with Gasteiger partial charge in [0.25, 0.3) is 0 Å². The molecule has 4 nitrogen and oxygen atoms in total. The Labute approximate surface area is 232 Å². The van der Waals surface area contributed by atoms with E-state index in [2.05, 4.69) is 94.5 Å². The van der Waals surface area contributed by atoms with Crippen molar-refractivity contribution in [1.29, 1.82) is 0 Å². The summed E-state index contributed by atoms with van der Waals surface area (Å²) in [5, 5.41) is 8.46. The lowest BCUT2D eigenvalue weighted by Gasteiger charge is -2.12. The van der Waals surface area contributed by atoms with Crippen LogP contribution >= 0.6 is 11.3 Å². The van der Waals surface area contributed by atoms with Gasteiger partial charge in [-0.2, -0.15) is 0 Å². The van der Waals surface area contributed by atoms with Crippen LogP contribution in [0.1, 0.15) is 0 Å². The molecule has 0 atom stereocenters. The predicted octanol–water partition coefficient (Wildman–Crippen LogP) is 9.31. The first-order valence-electron chi connectivity index (χ1n) is 13.3. The largest absolute Gasteiger partial charge is 0.277 e. The Hall–Kier alpha value is -5.13. The zero-order chi connectivity index (χ0) is 26.2. The molecule has 5 aromatic carbocycles. The lowest BCUT2D eigenvalue weighted by molar-refractivity contribution is 1.01. The summed E-state index contributed by atoms with van der Waals surface area (Å²) in [5.41, 5.74) is 4.80. The van der Waals surface area contributed by atoms with E-state index < -0.39 is 0 Å². The highest BCUT2D eigenvalue weighted by Crippen LogP contribution is 2.47. The van der Waals surface area contributed by atoms with E-state index in [0.717, 1.165) is 33.3 Å². The number of para-hydroxylation sites is 2. The average Bonchev–Trinajstić information content (AvgIpc) is 3.58. The van der Waals surface area contributed by atoms with Crippen LogP contribution in [-0.4, -0.2) is 19.5 Å². The molecule has 0 aliphatic heterocycles. The Bertz CT molecular complexity index is 2440. The molecule has 4 aromatic heterocycles. The second kappa shape index (κ2) is 8.18. The van der Waals surface area contributed by atoms with Gasteiger partial charge in [0, 0.05) is 47.9 Å². The fourth-order valence-corrected chi connectivity index (χ4v) is 7.43. The van der Waals surface area contributed by atoms with E-state index in [1.165, 1.54) is 41.7 Å². The minimum absolute atomic E-state index is 0.650. The summed E-state index contributed by atoms with van der Waals surface area (Å²) in [7, 11) is 0. The van der Waals surface area contributed by atoms with Gasteiger partial charge in [-0.05, 0) is 35.7 Å². The normalized spacial score (nSPS) is 12.0. The lowest BCUT2D eigenvalue weighted by atomic mass is 10.00. The standard InChI is InChI=1S/C35H20N4S/c1-2-12-22-21(11-1)30-24-14-4-7-18-28(24)39(33(30)31-25-15-5-8-19-29(25)40-34(22)31)35-37-26-16-6-3-13-23(26)32(38-35)27-17-9-10-20-36-27/h1-20H. The molecule has 9 rings (SSSR count). The maximum absolute atomic E-state index is 5.26.